The van der Waals surface area contributed by atoms with Crippen LogP contribution in [0.25, 0.3) is 0 Å². The summed E-state index contributed by atoms with van der Waals surface area (Å²) in [4.78, 5) is 75.3. The fourth-order valence-corrected chi connectivity index (χ4v) is 9.40. The first-order valence-corrected chi connectivity index (χ1v) is 18.2. The lowest BCUT2D eigenvalue weighted by molar-refractivity contribution is -0.139. The number of rotatable bonds is 7. The molecule has 292 valence electrons. The maximum Gasteiger partial charge on any atom is 0.417 e. The van der Waals surface area contributed by atoms with Crippen LogP contribution in [0.5, 0.6) is 11.5 Å². The number of carboxylic acids is 1. The number of halogens is 5. The number of aromatic carboxylic acids is 1. The Morgan fingerprint density at radius 1 is 0.965 bits per heavy atom. The first-order chi connectivity index (χ1) is 27.1. The van der Waals surface area contributed by atoms with Gasteiger partial charge in [0.15, 0.2) is 17.3 Å². The summed E-state index contributed by atoms with van der Waals surface area (Å²) in [6.45, 7) is 0. The van der Waals surface area contributed by atoms with Crippen molar-refractivity contribution in [2.24, 2.45) is 23.7 Å². The van der Waals surface area contributed by atoms with Gasteiger partial charge in [-0.15, -0.1) is 0 Å². The number of benzene rings is 3. The monoisotopic (exact) mass is 820 g/mol. The Hall–Kier alpha value is -5.93. The fourth-order valence-electron chi connectivity index (χ4n) is 9.06. The SMILES string of the molecule is COc1cc([C@H]2C3=CC[C@@H]4C(=O)N(c5cccc(C(=O)O)c5)C(=O)[C@@H]4[C@@H]3C[C@H]3C(=O)N(Nc4ncc(C(F)(F)F)cc4Cl)C(=O)[C@@]23c2ccc(Cl)cc2)ccc1O. The van der Waals surface area contributed by atoms with Crippen LogP contribution in [-0.2, 0) is 30.8 Å². The van der Waals surface area contributed by atoms with Crippen LogP contribution >= 0.6 is 23.2 Å². The number of pyridine rings is 1. The van der Waals surface area contributed by atoms with E-state index in [4.69, 9.17) is 27.9 Å². The molecule has 4 aliphatic rings. The molecule has 3 aromatic carbocycles. The van der Waals surface area contributed by atoms with Gasteiger partial charge in [0, 0.05) is 17.1 Å². The predicted molar refractivity (Wildman–Crippen MR) is 197 cm³/mol. The molecule has 4 amide bonds. The zero-order valence-electron chi connectivity index (χ0n) is 29.5. The summed E-state index contributed by atoms with van der Waals surface area (Å²) < 4.78 is 45.9. The number of imide groups is 2. The Bertz CT molecular complexity index is 2440. The van der Waals surface area contributed by atoms with Gasteiger partial charge < -0.3 is 14.9 Å². The number of allylic oxidation sites excluding steroid dienone is 2. The average Bonchev–Trinajstić information content (AvgIpc) is 3.56. The molecular weight excluding hydrogens is 792 g/mol. The number of nitrogens with zero attached hydrogens (tertiary/aromatic N) is 3. The average molecular weight is 822 g/mol. The van der Waals surface area contributed by atoms with Gasteiger partial charge >= 0.3 is 12.1 Å². The second kappa shape index (κ2) is 13.6. The fraction of sp³-hybridized carbons (Fsp3) is 0.250. The van der Waals surface area contributed by atoms with Crippen LogP contribution in [-0.4, -0.2) is 56.9 Å². The number of carbonyl (C=O) groups is 5. The molecule has 57 heavy (non-hydrogen) atoms. The van der Waals surface area contributed by atoms with Crippen LogP contribution in [0.1, 0.15) is 45.8 Å². The van der Waals surface area contributed by atoms with Gasteiger partial charge in [0.05, 0.1) is 52.1 Å². The van der Waals surface area contributed by atoms with E-state index in [1.165, 1.54) is 43.5 Å². The number of hydrogen-bond acceptors (Lipinski definition) is 9. The highest BCUT2D eigenvalue weighted by Gasteiger charge is 2.70. The molecule has 17 heteroatoms. The standard InChI is InChI=1S/C40H29Cl2F3N4O8/c1-57-30-14-18(5-12-29(30)50)32-24-10-11-25-31(36(53)48(34(25)51)23-4-2-3-19(13-23)37(54)55)26(24)16-27-35(52)49(38(56)39(27,32)20-6-8-22(41)9-7-20)47-33-28(42)15-21(17-46-33)40(43,44)45/h2-10,12-15,17,25-27,31-32,50H,11,16H2,1H3,(H,46,47)(H,54,55)/t25-,26+,27-,31-,32-,39+/m0/s1. The summed E-state index contributed by atoms with van der Waals surface area (Å²) in [7, 11) is 1.33. The number of aromatic nitrogens is 1. The Balaban J connectivity index is 1.31. The Morgan fingerprint density at radius 2 is 1.70 bits per heavy atom. The summed E-state index contributed by atoms with van der Waals surface area (Å²) in [5.41, 5.74) is 0.814. The molecule has 0 radical (unpaired) electrons. The molecule has 1 saturated carbocycles. The van der Waals surface area contributed by atoms with Crippen molar-refractivity contribution in [2.75, 3.05) is 17.4 Å². The second-order valence-electron chi connectivity index (χ2n) is 14.2. The first-order valence-electron chi connectivity index (χ1n) is 17.5. The normalized spacial score (nSPS) is 25.5. The third kappa shape index (κ3) is 5.81. The smallest absolute Gasteiger partial charge is 0.417 e. The molecule has 12 nitrogen and oxygen atoms in total. The van der Waals surface area contributed by atoms with E-state index < -0.39 is 87.2 Å². The van der Waals surface area contributed by atoms with E-state index in [9.17, 15) is 42.6 Å². The van der Waals surface area contributed by atoms with Gasteiger partial charge in [-0.05, 0) is 78.4 Å². The molecule has 3 heterocycles. The van der Waals surface area contributed by atoms with E-state index in [0.717, 1.165) is 4.90 Å². The Morgan fingerprint density at radius 3 is 2.37 bits per heavy atom. The van der Waals surface area contributed by atoms with Crippen LogP contribution in [0.4, 0.5) is 24.7 Å². The van der Waals surface area contributed by atoms with E-state index in [-0.39, 0.29) is 35.6 Å². The van der Waals surface area contributed by atoms with Crippen molar-refractivity contribution in [2.45, 2.75) is 30.4 Å². The number of alkyl halides is 3. The minimum Gasteiger partial charge on any atom is -0.504 e. The number of aromatic hydroxyl groups is 1. The molecule has 8 rings (SSSR count). The molecule has 0 unspecified atom stereocenters. The van der Waals surface area contributed by atoms with Gasteiger partial charge in [0.2, 0.25) is 11.8 Å². The van der Waals surface area contributed by atoms with Crippen LogP contribution < -0.4 is 15.1 Å². The largest absolute Gasteiger partial charge is 0.504 e. The topological polar surface area (TPSA) is 166 Å². The Labute approximate surface area is 331 Å². The molecule has 0 bridgehead atoms. The lowest BCUT2D eigenvalue weighted by Gasteiger charge is -2.50. The van der Waals surface area contributed by atoms with Gasteiger partial charge in [-0.3, -0.25) is 29.5 Å². The lowest BCUT2D eigenvalue weighted by Crippen LogP contribution is -2.53. The number of amides is 4. The molecule has 3 fully saturated rings. The zero-order chi connectivity index (χ0) is 40.7. The highest BCUT2D eigenvalue weighted by molar-refractivity contribution is 6.33. The quantitative estimate of drug-likeness (QED) is 0.130. The van der Waals surface area contributed by atoms with Crippen molar-refractivity contribution >= 4 is 64.3 Å². The van der Waals surface area contributed by atoms with Crippen molar-refractivity contribution in [3.05, 3.63) is 123 Å². The van der Waals surface area contributed by atoms with E-state index in [2.05, 4.69) is 10.4 Å². The van der Waals surface area contributed by atoms with E-state index in [1.807, 2.05) is 0 Å². The zero-order valence-corrected chi connectivity index (χ0v) is 31.0. The maximum absolute atomic E-state index is 15.3. The number of ether oxygens (including phenoxy) is 1. The molecule has 2 aliphatic carbocycles. The highest BCUT2D eigenvalue weighted by atomic mass is 35.5. The third-order valence-corrected chi connectivity index (χ3v) is 12.0. The number of carboxylic acid groups (broad SMARTS) is 1. The number of phenols is 1. The maximum atomic E-state index is 15.3. The Kier molecular flexibility index (Phi) is 9.08. The number of hydrogen-bond donors (Lipinski definition) is 3. The van der Waals surface area contributed by atoms with Crippen molar-refractivity contribution in [1.29, 1.82) is 0 Å². The minimum atomic E-state index is -4.78. The summed E-state index contributed by atoms with van der Waals surface area (Å²) in [6, 6.07) is 16.7. The van der Waals surface area contributed by atoms with E-state index in [1.54, 1.807) is 36.4 Å². The molecule has 3 N–H and O–H groups in total. The predicted octanol–water partition coefficient (Wildman–Crippen LogP) is 7.01. The number of nitrogens with one attached hydrogen (secondary N) is 1. The molecule has 0 spiro atoms. The number of anilines is 2. The van der Waals surface area contributed by atoms with E-state index >= 15 is 4.79 Å². The lowest BCUT2D eigenvalue weighted by atomic mass is 9.49. The van der Waals surface area contributed by atoms with Gasteiger partial charge in [-0.2, -0.15) is 18.2 Å². The number of fused-ring (bicyclic) bond motifs is 4. The molecule has 6 atom stereocenters. The minimum absolute atomic E-state index is 0.0378. The third-order valence-electron chi connectivity index (χ3n) is 11.4. The van der Waals surface area contributed by atoms with Crippen molar-refractivity contribution in [3.63, 3.8) is 0 Å². The van der Waals surface area contributed by atoms with Gasteiger partial charge in [0.25, 0.3) is 11.8 Å². The number of carbonyl (C=O) groups excluding carboxylic acids is 4. The van der Waals surface area contributed by atoms with Crippen LogP contribution in [0.15, 0.2) is 90.6 Å². The number of phenolic OH excluding ortho intramolecular Hbond substituents is 1. The second-order valence-corrected chi connectivity index (χ2v) is 15.1. The molecule has 1 aromatic heterocycles. The van der Waals surface area contributed by atoms with E-state index in [0.29, 0.717) is 39.0 Å². The summed E-state index contributed by atoms with van der Waals surface area (Å²) in [5, 5.41) is 20.7. The van der Waals surface area contributed by atoms with Gasteiger partial charge in [0.1, 0.15) is 0 Å². The molecule has 2 aliphatic heterocycles. The summed E-state index contributed by atoms with van der Waals surface area (Å²) >= 11 is 12.6. The summed E-state index contributed by atoms with van der Waals surface area (Å²) in [5.74, 6) is -9.75. The number of methoxy groups -OCH3 is 1. The van der Waals surface area contributed by atoms with Crippen LogP contribution in [0, 0.1) is 23.7 Å². The number of hydrazine groups is 1. The highest BCUT2D eigenvalue weighted by Crippen LogP contribution is 2.64. The van der Waals surface area contributed by atoms with Crippen molar-refractivity contribution in [1.82, 2.24) is 9.99 Å². The van der Waals surface area contributed by atoms with Crippen molar-refractivity contribution < 1.29 is 52.1 Å². The van der Waals surface area contributed by atoms with Crippen molar-refractivity contribution in [3.8, 4) is 11.5 Å². The summed E-state index contributed by atoms with van der Waals surface area (Å²) in [6.07, 6.45) is -2.57. The first kappa shape index (κ1) is 38.0. The van der Waals surface area contributed by atoms with Crippen LogP contribution in [0.2, 0.25) is 10.0 Å². The molecular formula is C40H29Cl2F3N4O8. The molecule has 4 aromatic rings. The van der Waals surface area contributed by atoms with Gasteiger partial charge in [-0.1, -0.05) is 59.1 Å². The van der Waals surface area contributed by atoms with Crippen LogP contribution in [0.3, 0.4) is 0 Å². The van der Waals surface area contributed by atoms with Gasteiger partial charge in [-0.25, -0.2) is 9.78 Å². The molecule has 2 saturated heterocycles.